The third-order valence-electron chi connectivity index (χ3n) is 1.97. The van der Waals surface area contributed by atoms with Crippen LogP contribution in [0.4, 0.5) is 0 Å². The molecule has 0 aliphatic heterocycles. The quantitative estimate of drug-likeness (QED) is 0.725. The molecule has 1 heterocycles. The SMILES string of the molecule is CC(C)CCOCn1ccc(=O)[nH]c1=O. The predicted molar refractivity (Wildman–Crippen MR) is 56.7 cm³/mol. The number of aromatic amines is 1. The summed E-state index contributed by atoms with van der Waals surface area (Å²) in [6.45, 7) is 5.01. The van der Waals surface area contributed by atoms with E-state index in [1.807, 2.05) is 0 Å². The highest BCUT2D eigenvalue weighted by atomic mass is 16.5. The van der Waals surface area contributed by atoms with Crippen LogP contribution < -0.4 is 11.2 Å². The molecule has 0 amide bonds. The maximum Gasteiger partial charge on any atom is 0.330 e. The van der Waals surface area contributed by atoms with Gasteiger partial charge in [0.15, 0.2) is 0 Å². The van der Waals surface area contributed by atoms with E-state index in [9.17, 15) is 9.59 Å². The van der Waals surface area contributed by atoms with Crippen LogP contribution in [0.3, 0.4) is 0 Å². The van der Waals surface area contributed by atoms with Gasteiger partial charge in [-0.25, -0.2) is 4.79 Å². The number of rotatable bonds is 5. The Balaban J connectivity index is 2.45. The maximum atomic E-state index is 11.2. The van der Waals surface area contributed by atoms with Crippen molar-refractivity contribution in [1.29, 1.82) is 0 Å². The van der Waals surface area contributed by atoms with Crippen LogP contribution in [0.1, 0.15) is 20.3 Å². The molecule has 5 nitrogen and oxygen atoms in total. The van der Waals surface area contributed by atoms with Crippen molar-refractivity contribution in [2.24, 2.45) is 5.92 Å². The average Bonchev–Trinajstić information content (AvgIpc) is 2.14. The smallest absolute Gasteiger partial charge is 0.330 e. The zero-order chi connectivity index (χ0) is 11.3. The first-order valence-corrected chi connectivity index (χ1v) is 4.97. The molecule has 1 rings (SSSR count). The van der Waals surface area contributed by atoms with Crippen LogP contribution in [0, 0.1) is 5.92 Å². The fourth-order valence-corrected chi connectivity index (χ4v) is 1.03. The topological polar surface area (TPSA) is 64.1 Å². The average molecular weight is 212 g/mol. The third-order valence-corrected chi connectivity index (χ3v) is 1.97. The van der Waals surface area contributed by atoms with Gasteiger partial charge in [-0.05, 0) is 12.3 Å². The van der Waals surface area contributed by atoms with Gasteiger partial charge in [0.2, 0.25) is 0 Å². The highest BCUT2D eigenvalue weighted by Gasteiger charge is 1.97. The molecule has 1 aromatic rings. The van der Waals surface area contributed by atoms with Gasteiger partial charge < -0.3 is 4.74 Å². The van der Waals surface area contributed by atoms with Crippen molar-refractivity contribution < 1.29 is 4.74 Å². The second-order valence-corrected chi connectivity index (χ2v) is 3.80. The lowest BCUT2D eigenvalue weighted by Crippen LogP contribution is -2.29. The number of ether oxygens (including phenoxy) is 1. The molecule has 1 N–H and O–H groups in total. The van der Waals surface area contributed by atoms with Crippen LogP contribution in [-0.2, 0) is 11.5 Å². The van der Waals surface area contributed by atoms with Crippen LogP contribution in [-0.4, -0.2) is 16.2 Å². The number of H-pyrrole nitrogens is 1. The maximum absolute atomic E-state index is 11.2. The van der Waals surface area contributed by atoms with Crippen molar-refractivity contribution in [2.75, 3.05) is 6.61 Å². The summed E-state index contributed by atoms with van der Waals surface area (Å²) >= 11 is 0. The van der Waals surface area contributed by atoms with Gasteiger partial charge >= 0.3 is 5.69 Å². The molecular formula is C10H16N2O3. The van der Waals surface area contributed by atoms with Crippen LogP contribution in [0.2, 0.25) is 0 Å². The zero-order valence-corrected chi connectivity index (χ0v) is 9.03. The fraction of sp³-hybridized carbons (Fsp3) is 0.600. The summed E-state index contributed by atoms with van der Waals surface area (Å²) in [5, 5.41) is 0. The van der Waals surface area contributed by atoms with Crippen LogP contribution in [0.25, 0.3) is 0 Å². The third kappa shape index (κ3) is 4.12. The van der Waals surface area contributed by atoms with Gasteiger partial charge in [0.1, 0.15) is 6.73 Å². The Kier molecular flexibility index (Phi) is 4.30. The molecule has 84 valence electrons. The van der Waals surface area contributed by atoms with Gasteiger partial charge in [0.05, 0.1) is 0 Å². The van der Waals surface area contributed by atoms with Crippen molar-refractivity contribution in [2.45, 2.75) is 27.0 Å². The Hall–Kier alpha value is -1.36. The van der Waals surface area contributed by atoms with Crippen molar-refractivity contribution in [3.05, 3.63) is 33.1 Å². The second-order valence-electron chi connectivity index (χ2n) is 3.80. The molecule has 0 aliphatic rings. The number of hydrogen-bond donors (Lipinski definition) is 1. The molecule has 1 aromatic heterocycles. The zero-order valence-electron chi connectivity index (χ0n) is 9.03. The first kappa shape index (κ1) is 11.7. The molecule has 0 aromatic carbocycles. The largest absolute Gasteiger partial charge is 0.361 e. The molecule has 5 heteroatoms. The highest BCUT2D eigenvalue weighted by Crippen LogP contribution is 1.98. The van der Waals surface area contributed by atoms with E-state index in [0.717, 1.165) is 6.42 Å². The van der Waals surface area contributed by atoms with Gasteiger partial charge in [0.25, 0.3) is 5.56 Å². The highest BCUT2D eigenvalue weighted by molar-refractivity contribution is 4.81. The molecule has 0 unspecified atom stereocenters. The number of nitrogens with zero attached hydrogens (tertiary/aromatic N) is 1. The predicted octanol–water partition coefficient (Wildman–Crippen LogP) is 0.557. The Morgan fingerprint density at radius 2 is 2.20 bits per heavy atom. The van der Waals surface area contributed by atoms with E-state index >= 15 is 0 Å². The summed E-state index contributed by atoms with van der Waals surface area (Å²) in [6, 6.07) is 1.30. The molecule has 15 heavy (non-hydrogen) atoms. The monoisotopic (exact) mass is 212 g/mol. The summed E-state index contributed by atoms with van der Waals surface area (Å²) in [5.74, 6) is 0.581. The van der Waals surface area contributed by atoms with E-state index in [2.05, 4.69) is 18.8 Å². The van der Waals surface area contributed by atoms with Crippen LogP contribution in [0.15, 0.2) is 21.9 Å². The first-order chi connectivity index (χ1) is 7.09. The van der Waals surface area contributed by atoms with Crippen molar-refractivity contribution in [3.8, 4) is 0 Å². The Morgan fingerprint density at radius 3 is 2.80 bits per heavy atom. The van der Waals surface area contributed by atoms with Crippen LogP contribution >= 0.6 is 0 Å². The Labute approximate surface area is 87.7 Å². The van der Waals surface area contributed by atoms with E-state index in [1.54, 1.807) is 0 Å². The van der Waals surface area contributed by atoms with E-state index in [1.165, 1.54) is 16.8 Å². The van der Waals surface area contributed by atoms with Gasteiger partial charge in [-0.2, -0.15) is 0 Å². The van der Waals surface area contributed by atoms with E-state index in [4.69, 9.17) is 4.74 Å². The van der Waals surface area contributed by atoms with Crippen molar-refractivity contribution in [1.82, 2.24) is 9.55 Å². The lowest BCUT2D eigenvalue weighted by atomic mass is 10.1. The van der Waals surface area contributed by atoms with Crippen molar-refractivity contribution in [3.63, 3.8) is 0 Å². The minimum Gasteiger partial charge on any atom is -0.361 e. The molecule has 0 radical (unpaired) electrons. The van der Waals surface area contributed by atoms with E-state index < -0.39 is 11.2 Å². The number of hydrogen-bond acceptors (Lipinski definition) is 3. The summed E-state index contributed by atoms with van der Waals surface area (Å²) in [6.07, 6.45) is 2.38. The van der Waals surface area contributed by atoms with E-state index in [0.29, 0.717) is 12.5 Å². The molecule has 0 aliphatic carbocycles. The van der Waals surface area contributed by atoms with Gasteiger partial charge in [-0.1, -0.05) is 13.8 Å². The molecule has 0 saturated carbocycles. The fourth-order valence-electron chi connectivity index (χ4n) is 1.03. The standard InChI is InChI=1S/C10H16N2O3/c1-8(2)4-6-15-7-12-5-3-9(13)11-10(12)14/h3,5,8H,4,6-7H2,1-2H3,(H,11,13,14). The first-order valence-electron chi connectivity index (χ1n) is 4.97. The molecule has 0 fully saturated rings. The molecule has 0 spiro atoms. The molecular weight excluding hydrogens is 196 g/mol. The molecule has 0 saturated heterocycles. The lowest BCUT2D eigenvalue weighted by molar-refractivity contribution is 0.0661. The van der Waals surface area contributed by atoms with Gasteiger partial charge in [-0.15, -0.1) is 0 Å². The molecule has 0 bridgehead atoms. The normalized spacial score (nSPS) is 10.9. The Bertz CT molecular complexity index is 406. The number of aromatic nitrogens is 2. The van der Waals surface area contributed by atoms with E-state index in [-0.39, 0.29) is 6.73 Å². The number of nitrogens with one attached hydrogen (secondary N) is 1. The minimum absolute atomic E-state index is 0.183. The second kappa shape index (κ2) is 5.50. The summed E-state index contributed by atoms with van der Waals surface area (Å²) in [4.78, 5) is 24.1. The summed E-state index contributed by atoms with van der Waals surface area (Å²) in [5.41, 5.74) is -0.828. The van der Waals surface area contributed by atoms with Crippen molar-refractivity contribution >= 4 is 0 Å². The minimum atomic E-state index is -0.438. The summed E-state index contributed by atoms with van der Waals surface area (Å²) < 4.78 is 6.61. The van der Waals surface area contributed by atoms with Gasteiger partial charge in [0, 0.05) is 18.9 Å². The van der Waals surface area contributed by atoms with Gasteiger partial charge in [-0.3, -0.25) is 14.3 Å². The molecule has 0 atom stereocenters. The summed E-state index contributed by atoms with van der Waals surface area (Å²) in [7, 11) is 0. The van der Waals surface area contributed by atoms with Crippen LogP contribution in [0.5, 0.6) is 0 Å². The lowest BCUT2D eigenvalue weighted by Gasteiger charge is -2.07. The Morgan fingerprint density at radius 1 is 1.47 bits per heavy atom.